The molecule has 1 aromatic carbocycles. The molecule has 0 bridgehead atoms. The first-order chi connectivity index (χ1) is 7.43. The van der Waals surface area contributed by atoms with Crippen LogP contribution in [0.4, 0.5) is 0 Å². The lowest BCUT2D eigenvalue weighted by atomic mass is 10.2. The Bertz CT molecular complexity index is 425. The van der Waals surface area contributed by atoms with E-state index in [4.69, 9.17) is 5.11 Å². The minimum atomic E-state index is -3.12. The van der Waals surface area contributed by atoms with E-state index in [1.54, 1.807) is 24.3 Å². The van der Waals surface area contributed by atoms with Crippen LogP contribution in [0.5, 0.6) is 0 Å². The van der Waals surface area contributed by atoms with Gasteiger partial charge in [-0.25, -0.2) is 8.42 Å². The molecule has 0 amide bonds. The molecule has 0 spiro atoms. The molecule has 1 rings (SSSR count). The maximum atomic E-state index is 11.2. The van der Waals surface area contributed by atoms with E-state index in [0.717, 1.165) is 5.56 Å². The van der Waals surface area contributed by atoms with Crippen molar-refractivity contribution in [2.24, 2.45) is 0 Å². The van der Waals surface area contributed by atoms with Gasteiger partial charge in [-0.2, -0.15) is 0 Å². The van der Waals surface area contributed by atoms with E-state index < -0.39 is 9.84 Å². The third-order valence-corrected chi connectivity index (χ3v) is 3.41. The van der Waals surface area contributed by atoms with Crippen LogP contribution in [-0.4, -0.2) is 32.4 Å². The Morgan fingerprint density at radius 2 is 1.88 bits per heavy atom. The van der Waals surface area contributed by atoms with E-state index >= 15 is 0 Å². The van der Waals surface area contributed by atoms with Crippen LogP contribution >= 0.6 is 0 Å². The van der Waals surface area contributed by atoms with Crippen LogP contribution in [0.15, 0.2) is 29.2 Å². The molecular weight excluding hydrogens is 226 g/mol. The molecule has 4 nitrogen and oxygen atoms in total. The van der Waals surface area contributed by atoms with E-state index in [1.165, 1.54) is 6.26 Å². The van der Waals surface area contributed by atoms with E-state index in [2.05, 4.69) is 5.32 Å². The fourth-order valence-corrected chi connectivity index (χ4v) is 1.84. The zero-order chi connectivity index (χ0) is 12.2. The van der Waals surface area contributed by atoms with Gasteiger partial charge in [-0.15, -0.1) is 0 Å². The van der Waals surface area contributed by atoms with Crippen LogP contribution < -0.4 is 5.32 Å². The lowest BCUT2D eigenvalue weighted by Crippen LogP contribution is -2.28. The fourth-order valence-electron chi connectivity index (χ4n) is 1.21. The normalized spacial score (nSPS) is 13.7. The molecule has 16 heavy (non-hydrogen) atoms. The van der Waals surface area contributed by atoms with Crippen LogP contribution in [-0.2, 0) is 16.4 Å². The highest BCUT2D eigenvalue weighted by Gasteiger charge is 2.06. The summed E-state index contributed by atoms with van der Waals surface area (Å²) < 4.78 is 22.4. The molecule has 2 N–H and O–H groups in total. The molecule has 0 saturated carbocycles. The minimum absolute atomic E-state index is 0.0367. The fraction of sp³-hybridized carbons (Fsp3) is 0.455. The Kier molecular flexibility index (Phi) is 4.46. The second-order valence-electron chi connectivity index (χ2n) is 3.88. The zero-order valence-corrected chi connectivity index (χ0v) is 10.3. The van der Waals surface area contributed by atoms with Crippen molar-refractivity contribution in [1.29, 1.82) is 0 Å². The van der Waals surface area contributed by atoms with E-state index in [-0.39, 0.29) is 12.6 Å². The standard InChI is InChI=1S/C11H17NO3S/c1-9(8-13)12-7-10-3-5-11(6-4-10)16(2,14)15/h3-6,9,12-13H,7-8H2,1-2H3. The van der Waals surface area contributed by atoms with E-state index in [1.807, 2.05) is 6.92 Å². The lowest BCUT2D eigenvalue weighted by Gasteiger charge is -2.10. The van der Waals surface area contributed by atoms with Gasteiger partial charge >= 0.3 is 0 Å². The topological polar surface area (TPSA) is 66.4 Å². The number of hydrogen-bond donors (Lipinski definition) is 2. The number of aliphatic hydroxyl groups excluding tert-OH is 1. The molecule has 0 aliphatic rings. The second-order valence-corrected chi connectivity index (χ2v) is 5.90. The largest absolute Gasteiger partial charge is 0.395 e. The van der Waals surface area contributed by atoms with Crippen molar-refractivity contribution in [3.05, 3.63) is 29.8 Å². The highest BCUT2D eigenvalue weighted by molar-refractivity contribution is 7.90. The van der Waals surface area contributed by atoms with Crippen molar-refractivity contribution in [3.8, 4) is 0 Å². The molecule has 0 aliphatic carbocycles. The molecule has 1 atom stereocenters. The monoisotopic (exact) mass is 243 g/mol. The molecule has 5 heteroatoms. The smallest absolute Gasteiger partial charge is 0.175 e. The van der Waals surface area contributed by atoms with Crippen LogP contribution in [0.2, 0.25) is 0 Å². The van der Waals surface area contributed by atoms with Crippen LogP contribution in [0.25, 0.3) is 0 Å². The molecule has 1 aromatic rings. The average Bonchev–Trinajstić information content (AvgIpc) is 2.25. The summed E-state index contributed by atoms with van der Waals surface area (Å²) in [5.41, 5.74) is 0.993. The maximum Gasteiger partial charge on any atom is 0.175 e. The first kappa shape index (κ1) is 13.2. The molecule has 90 valence electrons. The first-order valence-corrected chi connectivity index (χ1v) is 6.96. The minimum Gasteiger partial charge on any atom is -0.395 e. The van der Waals surface area contributed by atoms with Crippen molar-refractivity contribution in [2.75, 3.05) is 12.9 Å². The van der Waals surface area contributed by atoms with Crippen molar-refractivity contribution in [1.82, 2.24) is 5.32 Å². The first-order valence-electron chi connectivity index (χ1n) is 5.06. The highest BCUT2D eigenvalue weighted by Crippen LogP contribution is 2.10. The third kappa shape index (κ3) is 3.92. The summed E-state index contributed by atoms with van der Waals surface area (Å²) in [5, 5.41) is 11.9. The quantitative estimate of drug-likeness (QED) is 0.793. The van der Waals surface area contributed by atoms with Gasteiger partial charge in [-0.05, 0) is 24.6 Å². The molecule has 0 aromatic heterocycles. The molecular formula is C11H17NO3S. The molecule has 0 fully saturated rings. The number of sulfone groups is 1. The summed E-state index contributed by atoms with van der Waals surface area (Å²) in [6, 6.07) is 6.77. The summed E-state index contributed by atoms with van der Waals surface area (Å²) in [7, 11) is -3.12. The van der Waals surface area contributed by atoms with Gasteiger partial charge in [-0.1, -0.05) is 12.1 Å². The van der Waals surface area contributed by atoms with Crippen molar-refractivity contribution < 1.29 is 13.5 Å². The molecule has 0 heterocycles. The van der Waals surface area contributed by atoms with Crippen LogP contribution in [0, 0.1) is 0 Å². The third-order valence-electron chi connectivity index (χ3n) is 2.28. The van der Waals surface area contributed by atoms with Crippen LogP contribution in [0.3, 0.4) is 0 Å². The molecule has 0 aliphatic heterocycles. The zero-order valence-electron chi connectivity index (χ0n) is 9.47. The summed E-state index contributed by atoms with van der Waals surface area (Å²) in [6.45, 7) is 2.58. The van der Waals surface area contributed by atoms with Gasteiger partial charge < -0.3 is 10.4 Å². The lowest BCUT2D eigenvalue weighted by molar-refractivity contribution is 0.251. The number of benzene rings is 1. The predicted octanol–water partition coefficient (Wildman–Crippen LogP) is 0.560. The average molecular weight is 243 g/mol. The summed E-state index contributed by atoms with van der Waals surface area (Å²) in [4.78, 5) is 0.325. The Morgan fingerprint density at radius 1 is 1.31 bits per heavy atom. The molecule has 1 unspecified atom stereocenters. The van der Waals surface area contributed by atoms with Gasteiger partial charge in [0.05, 0.1) is 11.5 Å². The Balaban J connectivity index is 2.66. The number of nitrogens with one attached hydrogen (secondary N) is 1. The Morgan fingerprint density at radius 3 is 2.31 bits per heavy atom. The Labute approximate surface area is 96.2 Å². The van der Waals surface area contributed by atoms with Crippen molar-refractivity contribution in [2.45, 2.75) is 24.4 Å². The summed E-state index contributed by atoms with van der Waals surface area (Å²) >= 11 is 0. The summed E-state index contributed by atoms with van der Waals surface area (Å²) in [5.74, 6) is 0. The highest BCUT2D eigenvalue weighted by atomic mass is 32.2. The molecule has 0 radical (unpaired) electrons. The van der Waals surface area contributed by atoms with Gasteiger partial charge in [0.2, 0.25) is 0 Å². The van der Waals surface area contributed by atoms with Crippen LogP contribution in [0.1, 0.15) is 12.5 Å². The Hall–Kier alpha value is -0.910. The van der Waals surface area contributed by atoms with Gasteiger partial charge in [-0.3, -0.25) is 0 Å². The van der Waals surface area contributed by atoms with Gasteiger partial charge in [0.25, 0.3) is 0 Å². The second kappa shape index (κ2) is 5.43. The number of aliphatic hydroxyl groups is 1. The van der Waals surface area contributed by atoms with Crippen molar-refractivity contribution in [3.63, 3.8) is 0 Å². The van der Waals surface area contributed by atoms with Gasteiger partial charge in [0.1, 0.15) is 0 Å². The molecule has 0 saturated heterocycles. The van der Waals surface area contributed by atoms with Crippen molar-refractivity contribution >= 4 is 9.84 Å². The SMILES string of the molecule is CC(CO)NCc1ccc(S(C)(=O)=O)cc1. The number of rotatable bonds is 5. The van der Waals surface area contributed by atoms with Gasteiger partial charge in [0, 0.05) is 18.8 Å². The van der Waals surface area contributed by atoms with E-state index in [9.17, 15) is 8.42 Å². The maximum absolute atomic E-state index is 11.2. The summed E-state index contributed by atoms with van der Waals surface area (Å²) in [6.07, 6.45) is 1.19. The number of hydrogen-bond acceptors (Lipinski definition) is 4. The van der Waals surface area contributed by atoms with Gasteiger partial charge in [0.15, 0.2) is 9.84 Å². The van der Waals surface area contributed by atoms with E-state index in [0.29, 0.717) is 11.4 Å². The predicted molar refractivity (Wildman–Crippen MR) is 62.9 cm³/mol.